The highest BCUT2D eigenvalue weighted by atomic mass is 19.1. The van der Waals surface area contributed by atoms with E-state index in [9.17, 15) is 14.6 Å². The highest BCUT2D eigenvalue weighted by Crippen LogP contribution is 2.26. The van der Waals surface area contributed by atoms with Crippen LogP contribution in [-0.4, -0.2) is 21.3 Å². The Kier molecular flexibility index (Phi) is 6.56. The second kappa shape index (κ2) is 9.29. The molecule has 2 N–H and O–H groups in total. The summed E-state index contributed by atoms with van der Waals surface area (Å²) in [5.74, 6) is -0.597. The summed E-state index contributed by atoms with van der Waals surface area (Å²) in [4.78, 5) is 4.37. The molecule has 144 valence electrons. The van der Waals surface area contributed by atoms with E-state index in [1.165, 1.54) is 12.1 Å². The van der Waals surface area contributed by atoms with Gasteiger partial charge in [0.2, 0.25) is 0 Å². The molecule has 1 unspecified atom stereocenters. The number of halogens is 1. The molecule has 0 fully saturated rings. The number of nitrogens with zero attached hydrogens (tertiary/aromatic N) is 1. The Hall–Kier alpha value is -2.98. The first-order valence-corrected chi connectivity index (χ1v) is 9.43. The number of aromatic hydroxyl groups is 1. The Balaban J connectivity index is 1.66. The molecule has 0 saturated carbocycles. The van der Waals surface area contributed by atoms with E-state index in [1.807, 2.05) is 37.3 Å². The minimum atomic E-state index is -0.496. The Labute approximate surface area is 164 Å². The third-order valence-electron chi connectivity index (χ3n) is 4.54. The van der Waals surface area contributed by atoms with Gasteiger partial charge in [-0.05, 0) is 55.5 Å². The van der Waals surface area contributed by atoms with Crippen LogP contribution in [0.25, 0.3) is 28.5 Å². The van der Waals surface area contributed by atoms with Gasteiger partial charge in [0, 0.05) is 23.4 Å². The Morgan fingerprint density at radius 3 is 2.43 bits per heavy atom. The van der Waals surface area contributed by atoms with Crippen molar-refractivity contribution in [1.82, 2.24) is 4.98 Å². The molecule has 0 radical (unpaired) electrons. The lowest BCUT2D eigenvalue weighted by molar-refractivity contribution is 0.182. The van der Waals surface area contributed by atoms with Crippen molar-refractivity contribution in [2.75, 3.05) is 0 Å². The molecule has 0 amide bonds. The van der Waals surface area contributed by atoms with Crippen LogP contribution in [0.2, 0.25) is 0 Å². The number of benzene rings is 2. The van der Waals surface area contributed by atoms with Crippen molar-refractivity contribution >= 4 is 6.08 Å². The minimum absolute atomic E-state index is 0.102. The molecular formula is C24H24FNO2. The van der Waals surface area contributed by atoms with Gasteiger partial charge >= 0.3 is 0 Å². The van der Waals surface area contributed by atoms with Crippen LogP contribution in [0.1, 0.15) is 31.7 Å². The summed E-state index contributed by atoms with van der Waals surface area (Å²) in [6, 6.07) is 15.9. The van der Waals surface area contributed by atoms with Crippen molar-refractivity contribution in [1.29, 1.82) is 0 Å². The van der Waals surface area contributed by atoms with Gasteiger partial charge in [-0.25, -0.2) is 4.39 Å². The number of hydrogen-bond acceptors (Lipinski definition) is 3. The normalized spacial score (nSPS) is 12.4. The van der Waals surface area contributed by atoms with E-state index >= 15 is 0 Å². The van der Waals surface area contributed by atoms with Crippen LogP contribution in [0.3, 0.4) is 0 Å². The van der Waals surface area contributed by atoms with Gasteiger partial charge < -0.3 is 10.2 Å². The van der Waals surface area contributed by atoms with Gasteiger partial charge in [0.1, 0.15) is 11.6 Å². The number of rotatable bonds is 7. The van der Waals surface area contributed by atoms with Crippen LogP contribution in [0, 0.1) is 5.82 Å². The van der Waals surface area contributed by atoms with E-state index < -0.39 is 5.82 Å². The maximum atomic E-state index is 14.0. The van der Waals surface area contributed by atoms with E-state index in [4.69, 9.17) is 0 Å². The number of hydrogen-bond donors (Lipinski definition) is 2. The fraction of sp³-hybridized carbons (Fsp3) is 0.208. The largest absolute Gasteiger partial charge is 0.508 e. The van der Waals surface area contributed by atoms with Gasteiger partial charge in [-0.3, -0.25) is 4.98 Å². The van der Waals surface area contributed by atoms with Gasteiger partial charge in [-0.2, -0.15) is 0 Å². The molecule has 0 aliphatic carbocycles. The van der Waals surface area contributed by atoms with Crippen LogP contribution in [0.15, 0.2) is 66.9 Å². The fourth-order valence-electron chi connectivity index (χ4n) is 2.97. The molecule has 0 bridgehead atoms. The monoisotopic (exact) mass is 377 g/mol. The average molecular weight is 377 g/mol. The number of unbranched alkanes of at least 4 members (excludes halogenated alkanes) is 1. The van der Waals surface area contributed by atoms with E-state index in [-0.39, 0.29) is 11.9 Å². The standard InChI is InChI=1S/C24H24FNO2/c1-17(27)5-3-2-4-6-18-7-9-19(10-8-18)20-11-14-24(26-16-20)22-13-12-21(28)15-23(22)25/h4,6-17,27-28H,2-3,5H2,1H3. The number of allylic oxidation sites excluding steroid dienone is 1. The zero-order valence-corrected chi connectivity index (χ0v) is 15.8. The summed E-state index contributed by atoms with van der Waals surface area (Å²) >= 11 is 0. The molecular weight excluding hydrogens is 353 g/mol. The maximum Gasteiger partial charge on any atom is 0.136 e. The predicted octanol–water partition coefficient (Wildman–Crippen LogP) is 5.82. The molecule has 3 rings (SSSR count). The lowest BCUT2D eigenvalue weighted by atomic mass is 10.0. The molecule has 28 heavy (non-hydrogen) atoms. The first-order chi connectivity index (χ1) is 13.5. The van der Waals surface area contributed by atoms with Gasteiger partial charge in [0.15, 0.2) is 0 Å². The van der Waals surface area contributed by atoms with Gasteiger partial charge in [-0.1, -0.05) is 42.5 Å². The summed E-state index contributed by atoms with van der Waals surface area (Å²) in [7, 11) is 0. The molecule has 1 atom stereocenters. The highest BCUT2D eigenvalue weighted by Gasteiger charge is 2.08. The van der Waals surface area contributed by atoms with Crippen molar-refractivity contribution in [3.8, 4) is 28.1 Å². The van der Waals surface area contributed by atoms with Crippen molar-refractivity contribution < 1.29 is 14.6 Å². The SMILES string of the molecule is CC(O)CCCC=Cc1ccc(-c2ccc(-c3ccc(O)cc3F)nc2)cc1. The number of aliphatic hydroxyl groups is 1. The number of aliphatic hydroxyl groups excluding tert-OH is 1. The zero-order valence-electron chi connectivity index (χ0n) is 15.8. The predicted molar refractivity (Wildman–Crippen MR) is 111 cm³/mol. The number of pyridine rings is 1. The average Bonchev–Trinajstić information content (AvgIpc) is 2.68. The lowest BCUT2D eigenvalue weighted by Gasteiger charge is -2.06. The number of phenols is 1. The van der Waals surface area contributed by atoms with Gasteiger partial charge in [-0.15, -0.1) is 0 Å². The second-order valence-electron chi connectivity index (χ2n) is 6.90. The first-order valence-electron chi connectivity index (χ1n) is 9.43. The Morgan fingerprint density at radius 2 is 1.79 bits per heavy atom. The van der Waals surface area contributed by atoms with E-state index in [1.54, 1.807) is 12.3 Å². The summed E-state index contributed by atoms with van der Waals surface area (Å²) in [6.07, 6.45) is 8.44. The summed E-state index contributed by atoms with van der Waals surface area (Å²) in [5.41, 5.74) is 4.00. The molecule has 1 aromatic heterocycles. The quantitative estimate of drug-likeness (QED) is 0.510. The minimum Gasteiger partial charge on any atom is -0.508 e. The van der Waals surface area contributed by atoms with Crippen molar-refractivity contribution in [3.63, 3.8) is 0 Å². The maximum absolute atomic E-state index is 14.0. The molecule has 2 aromatic carbocycles. The lowest BCUT2D eigenvalue weighted by Crippen LogP contribution is -1.97. The highest BCUT2D eigenvalue weighted by molar-refractivity contribution is 5.68. The molecule has 1 heterocycles. The van der Waals surface area contributed by atoms with Gasteiger partial charge in [0.25, 0.3) is 0 Å². The van der Waals surface area contributed by atoms with Gasteiger partial charge in [0.05, 0.1) is 11.8 Å². The fourth-order valence-corrected chi connectivity index (χ4v) is 2.97. The molecule has 4 heteroatoms. The zero-order chi connectivity index (χ0) is 19.9. The van der Waals surface area contributed by atoms with Crippen molar-refractivity contribution in [3.05, 3.63) is 78.3 Å². The topological polar surface area (TPSA) is 53.4 Å². The van der Waals surface area contributed by atoms with Crippen LogP contribution >= 0.6 is 0 Å². The Morgan fingerprint density at radius 1 is 1.04 bits per heavy atom. The third-order valence-corrected chi connectivity index (χ3v) is 4.54. The second-order valence-corrected chi connectivity index (χ2v) is 6.90. The molecule has 3 nitrogen and oxygen atoms in total. The third kappa shape index (κ3) is 5.27. The molecule has 0 aliphatic rings. The van der Waals surface area contributed by atoms with Crippen molar-refractivity contribution in [2.24, 2.45) is 0 Å². The van der Waals surface area contributed by atoms with E-state index in [0.717, 1.165) is 42.0 Å². The molecule has 3 aromatic rings. The van der Waals surface area contributed by atoms with Crippen LogP contribution in [0.4, 0.5) is 4.39 Å². The number of aromatic nitrogens is 1. The molecule has 0 aliphatic heterocycles. The number of phenolic OH excluding ortho intramolecular Hbond substituents is 1. The van der Waals surface area contributed by atoms with E-state index in [2.05, 4.69) is 17.1 Å². The summed E-state index contributed by atoms with van der Waals surface area (Å²) in [5, 5.41) is 18.6. The first kappa shape index (κ1) is 19.8. The van der Waals surface area contributed by atoms with Crippen LogP contribution < -0.4 is 0 Å². The van der Waals surface area contributed by atoms with E-state index in [0.29, 0.717) is 11.3 Å². The smallest absolute Gasteiger partial charge is 0.136 e. The summed E-state index contributed by atoms with van der Waals surface area (Å²) < 4.78 is 14.0. The van der Waals surface area contributed by atoms with Crippen LogP contribution in [0.5, 0.6) is 5.75 Å². The van der Waals surface area contributed by atoms with Crippen LogP contribution in [-0.2, 0) is 0 Å². The molecule has 0 saturated heterocycles. The molecule has 0 spiro atoms. The van der Waals surface area contributed by atoms with Crippen molar-refractivity contribution in [2.45, 2.75) is 32.3 Å². The summed E-state index contributed by atoms with van der Waals surface area (Å²) in [6.45, 7) is 1.81. The Bertz CT molecular complexity index is 932.